The molecule has 148 valence electrons. The summed E-state index contributed by atoms with van der Waals surface area (Å²) >= 11 is 1.50. The van der Waals surface area contributed by atoms with E-state index >= 15 is 0 Å². The fourth-order valence-electron chi connectivity index (χ4n) is 4.03. The summed E-state index contributed by atoms with van der Waals surface area (Å²) in [5, 5.41) is 3.65. The van der Waals surface area contributed by atoms with Crippen molar-refractivity contribution in [1.29, 1.82) is 0 Å². The van der Waals surface area contributed by atoms with Crippen LogP contribution in [-0.4, -0.2) is 59.4 Å². The Labute approximate surface area is 166 Å². The van der Waals surface area contributed by atoms with Crippen molar-refractivity contribution in [2.24, 2.45) is 0 Å². The molecule has 28 heavy (non-hydrogen) atoms. The fourth-order valence-corrected chi connectivity index (χ4v) is 5.09. The zero-order valence-electron chi connectivity index (χ0n) is 16.0. The molecule has 0 aliphatic carbocycles. The number of carbonyl (C=O) groups excluding carboxylic acids is 2. The molecule has 2 saturated heterocycles. The van der Waals surface area contributed by atoms with E-state index < -0.39 is 5.60 Å². The highest BCUT2D eigenvalue weighted by Crippen LogP contribution is 2.39. The number of nitrogens with zero attached hydrogens (tertiary/aromatic N) is 3. The maximum atomic E-state index is 12.6. The van der Waals surface area contributed by atoms with Crippen molar-refractivity contribution in [2.75, 3.05) is 24.6 Å². The van der Waals surface area contributed by atoms with Crippen molar-refractivity contribution in [3.8, 4) is 5.75 Å². The first-order chi connectivity index (χ1) is 13.3. The molecule has 3 amide bonds. The zero-order valence-corrected chi connectivity index (χ0v) is 16.8. The van der Waals surface area contributed by atoms with Crippen molar-refractivity contribution >= 4 is 38.8 Å². The van der Waals surface area contributed by atoms with Crippen molar-refractivity contribution in [1.82, 2.24) is 15.2 Å². The molecular weight excluding hydrogens is 380 g/mol. The minimum atomic E-state index is -0.548. The maximum absolute atomic E-state index is 12.6. The second-order valence-corrected chi connectivity index (χ2v) is 9.37. The number of urea groups is 1. The van der Waals surface area contributed by atoms with Crippen LogP contribution in [0, 0.1) is 0 Å². The van der Waals surface area contributed by atoms with Crippen LogP contribution in [0.2, 0.25) is 0 Å². The van der Waals surface area contributed by atoms with E-state index in [1.807, 2.05) is 32.9 Å². The van der Waals surface area contributed by atoms with Gasteiger partial charge in [0.2, 0.25) is 0 Å². The van der Waals surface area contributed by atoms with Crippen molar-refractivity contribution in [3.05, 3.63) is 17.7 Å². The van der Waals surface area contributed by atoms with Gasteiger partial charge in [0, 0.05) is 25.1 Å². The summed E-state index contributed by atoms with van der Waals surface area (Å²) in [5.74, 6) is 0.880. The molecule has 1 aromatic heterocycles. The highest BCUT2D eigenvalue weighted by molar-refractivity contribution is 7.22. The first kappa shape index (κ1) is 17.5. The lowest BCUT2D eigenvalue weighted by Crippen LogP contribution is -2.42. The second kappa shape index (κ2) is 5.97. The van der Waals surface area contributed by atoms with Crippen LogP contribution in [0.25, 0.3) is 10.2 Å². The highest BCUT2D eigenvalue weighted by atomic mass is 32.1. The highest BCUT2D eigenvalue weighted by Gasteiger charge is 2.49. The Morgan fingerprint density at radius 3 is 2.96 bits per heavy atom. The molecule has 9 heteroatoms. The lowest BCUT2D eigenvalue weighted by Gasteiger charge is -2.25. The molecule has 2 fully saturated rings. The van der Waals surface area contributed by atoms with Gasteiger partial charge < -0.3 is 19.7 Å². The van der Waals surface area contributed by atoms with E-state index in [9.17, 15) is 9.59 Å². The fraction of sp³-hybridized carbons (Fsp3) is 0.526. The first-order valence-electron chi connectivity index (χ1n) is 9.43. The number of amides is 3. The van der Waals surface area contributed by atoms with Crippen LogP contribution in [0.4, 0.5) is 14.7 Å². The van der Waals surface area contributed by atoms with E-state index in [2.05, 4.69) is 5.32 Å². The van der Waals surface area contributed by atoms with Gasteiger partial charge in [-0.1, -0.05) is 11.3 Å². The number of hydrogen-bond acceptors (Lipinski definition) is 6. The summed E-state index contributed by atoms with van der Waals surface area (Å²) in [6.45, 7) is 7.07. The summed E-state index contributed by atoms with van der Waals surface area (Å²) in [4.78, 5) is 33.2. The first-order valence-corrected chi connectivity index (χ1v) is 10.2. The van der Waals surface area contributed by atoms with Gasteiger partial charge in [0.05, 0.1) is 28.9 Å². The number of thiazole rings is 1. The third kappa shape index (κ3) is 2.76. The zero-order chi connectivity index (χ0) is 19.6. The molecule has 0 bridgehead atoms. The maximum Gasteiger partial charge on any atom is 0.410 e. The number of carbonyl (C=O) groups is 2. The number of benzene rings is 1. The van der Waals surface area contributed by atoms with Crippen LogP contribution in [0.5, 0.6) is 5.75 Å². The number of anilines is 1. The third-order valence-corrected chi connectivity index (χ3v) is 6.25. The third-order valence-electron chi connectivity index (χ3n) is 5.23. The molecular formula is C19H22N4O4S. The molecule has 4 heterocycles. The summed E-state index contributed by atoms with van der Waals surface area (Å²) in [6.07, 6.45) is 0.482. The Bertz CT molecular complexity index is 982. The average molecular weight is 402 g/mol. The molecule has 2 aromatic rings. The summed E-state index contributed by atoms with van der Waals surface area (Å²) in [6, 6.07) is 3.53. The Hall–Kier alpha value is -2.55. The molecule has 5 rings (SSSR count). The minimum absolute atomic E-state index is 0.124. The Kier molecular flexibility index (Phi) is 3.74. The molecule has 0 radical (unpaired) electrons. The van der Waals surface area contributed by atoms with Crippen LogP contribution in [0.15, 0.2) is 12.1 Å². The number of hydrogen-bond donors (Lipinski definition) is 1. The predicted molar refractivity (Wildman–Crippen MR) is 105 cm³/mol. The van der Waals surface area contributed by atoms with Gasteiger partial charge in [-0.15, -0.1) is 0 Å². The van der Waals surface area contributed by atoms with Crippen molar-refractivity contribution in [2.45, 2.75) is 44.9 Å². The molecule has 2 atom stereocenters. The van der Waals surface area contributed by atoms with Crippen LogP contribution in [0.3, 0.4) is 0 Å². The Morgan fingerprint density at radius 2 is 2.18 bits per heavy atom. The summed E-state index contributed by atoms with van der Waals surface area (Å²) < 4.78 is 12.1. The Morgan fingerprint density at radius 1 is 1.36 bits per heavy atom. The summed E-state index contributed by atoms with van der Waals surface area (Å²) in [7, 11) is 0. The van der Waals surface area contributed by atoms with Crippen LogP contribution in [-0.2, 0) is 11.2 Å². The standard InChI is InChI=1S/C19H22N4O4S/c1-19(2,3)27-18(25)22-8-11-12(9-22)23(16(24)20-11)17-21-15-10-6-7-26-13(10)4-5-14(15)28-17/h4-5,11-12H,6-9H2,1-3H3,(H,20,24). The quantitative estimate of drug-likeness (QED) is 0.793. The van der Waals surface area contributed by atoms with E-state index in [1.165, 1.54) is 11.3 Å². The lowest BCUT2D eigenvalue weighted by atomic mass is 10.1. The van der Waals surface area contributed by atoms with Crippen LogP contribution in [0.1, 0.15) is 26.3 Å². The molecule has 0 spiro atoms. The number of rotatable bonds is 1. The molecule has 8 nitrogen and oxygen atoms in total. The SMILES string of the molecule is CC(C)(C)OC(=O)N1CC2NC(=O)N(c3nc4c5c(ccc4s3)OCC5)C2C1. The molecule has 0 saturated carbocycles. The van der Waals surface area contributed by atoms with Gasteiger partial charge in [-0.2, -0.15) is 0 Å². The van der Waals surface area contributed by atoms with E-state index in [-0.39, 0.29) is 24.2 Å². The van der Waals surface area contributed by atoms with Gasteiger partial charge in [-0.3, -0.25) is 4.90 Å². The molecule has 1 aromatic carbocycles. The Balaban J connectivity index is 1.42. The van der Waals surface area contributed by atoms with Crippen molar-refractivity contribution in [3.63, 3.8) is 0 Å². The molecule has 2 unspecified atom stereocenters. The van der Waals surface area contributed by atoms with Gasteiger partial charge in [-0.25, -0.2) is 14.6 Å². The van der Waals surface area contributed by atoms with Gasteiger partial charge in [-0.05, 0) is 32.9 Å². The van der Waals surface area contributed by atoms with Gasteiger partial charge in [0.15, 0.2) is 5.13 Å². The lowest BCUT2D eigenvalue weighted by molar-refractivity contribution is 0.0288. The average Bonchev–Trinajstić information content (AvgIpc) is 3.33. The second-order valence-electron chi connectivity index (χ2n) is 8.36. The topological polar surface area (TPSA) is 84.0 Å². The number of aromatic nitrogens is 1. The van der Waals surface area contributed by atoms with Crippen LogP contribution >= 0.6 is 11.3 Å². The van der Waals surface area contributed by atoms with E-state index in [4.69, 9.17) is 14.5 Å². The van der Waals surface area contributed by atoms with Gasteiger partial charge in [0.1, 0.15) is 11.4 Å². The predicted octanol–water partition coefficient (Wildman–Crippen LogP) is 2.75. The van der Waals surface area contributed by atoms with Gasteiger partial charge in [0.25, 0.3) is 0 Å². The molecule has 3 aliphatic rings. The normalized spacial score (nSPS) is 23.6. The van der Waals surface area contributed by atoms with E-state index in [0.717, 1.165) is 28.0 Å². The van der Waals surface area contributed by atoms with Crippen LogP contribution < -0.4 is 15.0 Å². The van der Waals surface area contributed by atoms with E-state index in [0.29, 0.717) is 24.8 Å². The smallest absolute Gasteiger partial charge is 0.410 e. The summed E-state index contributed by atoms with van der Waals surface area (Å²) in [5.41, 5.74) is 1.47. The monoisotopic (exact) mass is 402 g/mol. The number of nitrogens with one attached hydrogen (secondary N) is 1. The number of fused-ring (bicyclic) bond motifs is 4. The van der Waals surface area contributed by atoms with Gasteiger partial charge >= 0.3 is 12.1 Å². The number of likely N-dealkylation sites (tertiary alicyclic amines) is 1. The molecule has 3 aliphatic heterocycles. The molecule has 1 N–H and O–H groups in total. The van der Waals surface area contributed by atoms with Crippen molar-refractivity contribution < 1.29 is 19.1 Å². The van der Waals surface area contributed by atoms with E-state index in [1.54, 1.807) is 9.80 Å². The number of ether oxygens (including phenoxy) is 2. The minimum Gasteiger partial charge on any atom is -0.493 e. The largest absolute Gasteiger partial charge is 0.493 e.